The minimum absolute atomic E-state index is 0.0551. The lowest BCUT2D eigenvalue weighted by molar-refractivity contribution is -0.141. The van der Waals surface area contributed by atoms with Gasteiger partial charge in [0.2, 0.25) is 5.91 Å². The Balaban J connectivity index is 4.22. The van der Waals surface area contributed by atoms with Crippen molar-refractivity contribution in [2.75, 3.05) is 20.1 Å². The first-order valence-corrected chi connectivity index (χ1v) is 6.85. The maximum Gasteiger partial charge on any atom is 0.315 e. The Morgan fingerprint density at radius 1 is 1.25 bits per heavy atom. The van der Waals surface area contributed by atoms with Crippen molar-refractivity contribution in [1.82, 2.24) is 15.5 Å². The minimum atomic E-state index is -0.929. The van der Waals surface area contributed by atoms with E-state index in [4.69, 9.17) is 5.11 Å². The summed E-state index contributed by atoms with van der Waals surface area (Å²) in [7, 11) is 1.65. The minimum Gasteiger partial charge on any atom is -0.481 e. The molecule has 3 amide bonds. The van der Waals surface area contributed by atoms with Crippen LogP contribution in [-0.4, -0.2) is 54.1 Å². The van der Waals surface area contributed by atoms with Crippen molar-refractivity contribution >= 4 is 17.9 Å². The molecule has 7 nitrogen and oxygen atoms in total. The van der Waals surface area contributed by atoms with Gasteiger partial charge in [0.05, 0.1) is 5.92 Å². The van der Waals surface area contributed by atoms with Crippen molar-refractivity contribution < 1.29 is 19.5 Å². The van der Waals surface area contributed by atoms with Crippen LogP contribution in [0.4, 0.5) is 4.79 Å². The molecule has 0 saturated heterocycles. The number of carboxylic acids is 1. The van der Waals surface area contributed by atoms with Crippen molar-refractivity contribution in [3.05, 3.63) is 0 Å². The van der Waals surface area contributed by atoms with Crippen LogP contribution in [0.2, 0.25) is 0 Å². The lowest BCUT2D eigenvalue weighted by atomic mass is 10.0. The van der Waals surface area contributed by atoms with E-state index in [1.165, 1.54) is 4.90 Å². The number of hydrogen-bond acceptors (Lipinski definition) is 3. The molecule has 2 atom stereocenters. The van der Waals surface area contributed by atoms with Crippen LogP contribution in [0.25, 0.3) is 0 Å². The van der Waals surface area contributed by atoms with Gasteiger partial charge < -0.3 is 20.6 Å². The number of aliphatic carboxylic acids is 1. The van der Waals surface area contributed by atoms with Crippen LogP contribution in [0.5, 0.6) is 0 Å². The van der Waals surface area contributed by atoms with Gasteiger partial charge in [-0.15, -0.1) is 0 Å². The summed E-state index contributed by atoms with van der Waals surface area (Å²) in [5.74, 6) is -1.72. The first-order chi connectivity index (χ1) is 9.33. The summed E-state index contributed by atoms with van der Waals surface area (Å²) in [4.78, 5) is 35.8. The van der Waals surface area contributed by atoms with E-state index in [-0.39, 0.29) is 12.5 Å². The molecular formula is C13H25N3O4. The van der Waals surface area contributed by atoms with Crippen molar-refractivity contribution in [3.63, 3.8) is 0 Å². The number of nitrogens with one attached hydrogen (secondary N) is 2. The van der Waals surface area contributed by atoms with Crippen molar-refractivity contribution in [2.45, 2.75) is 39.7 Å². The first-order valence-electron chi connectivity index (χ1n) is 6.85. The van der Waals surface area contributed by atoms with Gasteiger partial charge in [-0.05, 0) is 20.3 Å². The fourth-order valence-electron chi connectivity index (χ4n) is 1.67. The lowest BCUT2D eigenvalue weighted by Gasteiger charge is -2.21. The maximum absolute atomic E-state index is 11.7. The van der Waals surface area contributed by atoms with E-state index in [9.17, 15) is 14.4 Å². The fourth-order valence-corrected chi connectivity index (χ4v) is 1.67. The largest absolute Gasteiger partial charge is 0.481 e. The molecule has 0 aromatic rings. The van der Waals surface area contributed by atoms with Gasteiger partial charge in [0.1, 0.15) is 6.04 Å². The van der Waals surface area contributed by atoms with E-state index in [1.807, 2.05) is 13.8 Å². The zero-order valence-corrected chi connectivity index (χ0v) is 12.6. The van der Waals surface area contributed by atoms with Crippen LogP contribution < -0.4 is 10.6 Å². The predicted octanol–water partition coefficient (Wildman–Crippen LogP) is 0.653. The summed E-state index contributed by atoms with van der Waals surface area (Å²) in [6.45, 7) is 5.93. The highest BCUT2D eigenvalue weighted by Crippen LogP contribution is 2.04. The summed E-state index contributed by atoms with van der Waals surface area (Å²) < 4.78 is 0. The molecule has 0 spiro atoms. The summed E-state index contributed by atoms with van der Waals surface area (Å²) >= 11 is 0. The second kappa shape index (κ2) is 9.17. The zero-order valence-electron chi connectivity index (χ0n) is 12.6. The second-order valence-electron chi connectivity index (χ2n) is 4.75. The van der Waals surface area contributed by atoms with Crippen LogP contribution in [-0.2, 0) is 9.59 Å². The Hall–Kier alpha value is -1.79. The lowest BCUT2D eigenvalue weighted by Crippen LogP contribution is -2.49. The third-order valence-electron chi connectivity index (χ3n) is 3.06. The Morgan fingerprint density at radius 2 is 1.85 bits per heavy atom. The molecule has 0 aliphatic heterocycles. The molecule has 0 rings (SSSR count). The topological polar surface area (TPSA) is 98.7 Å². The molecule has 0 heterocycles. The number of carbonyl (C=O) groups is 3. The standard InChI is InChI=1S/C13H25N3O4/c1-5-7-10(12(18)19)8-14-13(20)15-9(3)11(17)16(4)6-2/h9-10H,5-8H2,1-4H3,(H,18,19)(H2,14,15,20). The van der Waals surface area contributed by atoms with Crippen LogP contribution in [0.15, 0.2) is 0 Å². The number of amides is 3. The van der Waals surface area contributed by atoms with Gasteiger partial charge in [0, 0.05) is 20.1 Å². The highest BCUT2D eigenvalue weighted by atomic mass is 16.4. The second-order valence-corrected chi connectivity index (χ2v) is 4.75. The van der Waals surface area contributed by atoms with Gasteiger partial charge >= 0.3 is 12.0 Å². The van der Waals surface area contributed by atoms with Gasteiger partial charge in [-0.25, -0.2) is 4.79 Å². The number of likely N-dealkylation sites (N-methyl/N-ethyl adjacent to an activating group) is 1. The van der Waals surface area contributed by atoms with Gasteiger partial charge in [0.25, 0.3) is 0 Å². The number of urea groups is 1. The number of carbonyl (C=O) groups excluding carboxylic acids is 2. The van der Waals surface area contributed by atoms with Crippen LogP contribution in [0.1, 0.15) is 33.6 Å². The highest BCUT2D eigenvalue weighted by molar-refractivity contribution is 5.86. The molecule has 3 N–H and O–H groups in total. The smallest absolute Gasteiger partial charge is 0.315 e. The number of hydrogen-bond donors (Lipinski definition) is 3. The number of rotatable bonds is 8. The third kappa shape index (κ3) is 6.40. The van der Waals surface area contributed by atoms with E-state index >= 15 is 0 Å². The average molecular weight is 287 g/mol. The van der Waals surface area contributed by atoms with Gasteiger partial charge in [0.15, 0.2) is 0 Å². The summed E-state index contributed by atoms with van der Waals surface area (Å²) in [6.07, 6.45) is 1.24. The summed E-state index contributed by atoms with van der Waals surface area (Å²) in [6, 6.07) is -1.17. The molecule has 0 saturated carbocycles. The molecule has 116 valence electrons. The molecule has 0 radical (unpaired) electrons. The average Bonchev–Trinajstić information content (AvgIpc) is 2.41. The fraction of sp³-hybridized carbons (Fsp3) is 0.769. The summed E-state index contributed by atoms with van der Waals surface area (Å²) in [5.41, 5.74) is 0. The highest BCUT2D eigenvalue weighted by Gasteiger charge is 2.20. The number of carboxylic acid groups (broad SMARTS) is 1. The molecule has 0 aromatic carbocycles. The molecule has 7 heteroatoms. The predicted molar refractivity (Wildman–Crippen MR) is 75.3 cm³/mol. The monoisotopic (exact) mass is 287 g/mol. The van der Waals surface area contributed by atoms with E-state index in [2.05, 4.69) is 10.6 Å². The van der Waals surface area contributed by atoms with Gasteiger partial charge in [-0.1, -0.05) is 13.3 Å². The molecule has 0 fully saturated rings. The van der Waals surface area contributed by atoms with Gasteiger partial charge in [-0.2, -0.15) is 0 Å². The zero-order chi connectivity index (χ0) is 15.7. The normalized spacial score (nSPS) is 13.2. The quantitative estimate of drug-likeness (QED) is 0.610. The Morgan fingerprint density at radius 3 is 2.30 bits per heavy atom. The SMILES string of the molecule is CCCC(CNC(=O)NC(C)C(=O)N(C)CC)C(=O)O. The van der Waals surface area contributed by atoms with Crippen LogP contribution in [0, 0.1) is 5.92 Å². The van der Waals surface area contributed by atoms with Crippen LogP contribution >= 0.6 is 0 Å². The van der Waals surface area contributed by atoms with Crippen molar-refractivity contribution in [3.8, 4) is 0 Å². The Labute approximate surface area is 119 Å². The number of nitrogens with zero attached hydrogens (tertiary/aromatic N) is 1. The molecule has 0 bridgehead atoms. The van der Waals surface area contributed by atoms with Gasteiger partial charge in [-0.3, -0.25) is 9.59 Å². The molecule has 20 heavy (non-hydrogen) atoms. The first kappa shape index (κ1) is 18.2. The van der Waals surface area contributed by atoms with E-state index in [0.29, 0.717) is 13.0 Å². The molecule has 0 aromatic heterocycles. The molecule has 0 aliphatic rings. The van der Waals surface area contributed by atoms with E-state index < -0.39 is 24.0 Å². The molecular weight excluding hydrogens is 262 g/mol. The third-order valence-corrected chi connectivity index (χ3v) is 3.06. The Kier molecular flexibility index (Phi) is 8.35. The molecule has 0 aliphatic carbocycles. The molecule has 2 unspecified atom stereocenters. The van der Waals surface area contributed by atoms with Crippen molar-refractivity contribution in [1.29, 1.82) is 0 Å². The van der Waals surface area contributed by atoms with Crippen LogP contribution in [0.3, 0.4) is 0 Å². The van der Waals surface area contributed by atoms with E-state index in [1.54, 1.807) is 14.0 Å². The van der Waals surface area contributed by atoms with E-state index in [0.717, 1.165) is 6.42 Å². The van der Waals surface area contributed by atoms with Crippen molar-refractivity contribution in [2.24, 2.45) is 5.92 Å². The Bertz CT molecular complexity index is 347. The maximum atomic E-state index is 11.7. The summed E-state index contributed by atoms with van der Waals surface area (Å²) in [5, 5.41) is 13.9.